The Morgan fingerprint density at radius 3 is 3.00 bits per heavy atom. The van der Waals surface area contributed by atoms with Crippen LogP contribution in [0.5, 0.6) is 5.75 Å². The lowest BCUT2D eigenvalue weighted by Gasteiger charge is -2.32. The predicted octanol–water partition coefficient (Wildman–Crippen LogP) is 2.67. The number of carbonyl (C=O) groups excluding carboxylic acids is 1. The van der Waals surface area contributed by atoms with Crippen molar-refractivity contribution in [2.45, 2.75) is 39.2 Å². The van der Waals surface area contributed by atoms with Crippen LogP contribution < -0.4 is 10.5 Å². The zero-order valence-corrected chi connectivity index (χ0v) is 13.0. The van der Waals surface area contributed by atoms with Crippen molar-refractivity contribution in [1.29, 1.82) is 0 Å². The van der Waals surface area contributed by atoms with Gasteiger partial charge in [-0.3, -0.25) is 4.79 Å². The molecule has 1 aliphatic rings. The Balaban J connectivity index is 2.05. The summed E-state index contributed by atoms with van der Waals surface area (Å²) in [5, 5.41) is 0. The maximum atomic E-state index is 12.6. The largest absolute Gasteiger partial charge is 0.491 e. The van der Waals surface area contributed by atoms with Crippen molar-refractivity contribution >= 4 is 5.91 Å². The molecular weight excluding hydrogens is 264 g/mol. The standard InChI is InChI=1S/C17H26N2O2/c1-13(2)21-16-7-3-6-15(11-16)17(20)19-10-4-5-14(12-19)8-9-18/h3,6-7,11,13-14H,4-5,8-10,12,18H2,1-2H3. The molecule has 4 heteroatoms. The van der Waals surface area contributed by atoms with Crippen molar-refractivity contribution in [3.8, 4) is 5.75 Å². The molecule has 1 atom stereocenters. The molecular formula is C17H26N2O2. The molecule has 0 saturated carbocycles. The second kappa shape index (κ2) is 7.46. The first-order valence-corrected chi connectivity index (χ1v) is 7.86. The number of likely N-dealkylation sites (tertiary alicyclic amines) is 1. The van der Waals surface area contributed by atoms with Gasteiger partial charge >= 0.3 is 0 Å². The molecule has 2 rings (SSSR count). The summed E-state index contributed by atoms with van der Waals surface area (Å²) in [6.07, 6.45) is 3.36. The number of piperidine rings is 1. The van der Waals surface area contributed by atoms with Gasteiger partial charge in [-0.2, -0.15) is 0 Å². The van der Waals surface area contributed by atoms with Crippen LogP contribution in [0, 0.1) is 5.92 Å². The van der Waals surface area contributed by atoms with Gasteiger partial charge in [0.15, 0.2) is 0 Å². The van der Waals surface area contributed by atoms with Gasteiger partial charge < -0.3 is 15.4 Å². The second-order valence-electron chi connectivity index (χ2n) is 6.03. The average molecular weight is 290 g/mol. The molecule has 0 bridgehead atoms. The average Bonchev–Trinajstić information content (AvgIpc) is 2.47. The van der Waals surface area contributed by atoms with Crippen molar-refractivity contribution in [1.82, 2.24) is 4.90 Å². The molecule has 1 aromatic rings. The number of carbonyl (C=O) groups is 1. The van der Waals surface area contributed by atoms with Crippen molar-refractivity contribution in [2.75, 3.05) is 19.6 Å². The minimum atomic E-state index is 0.103. The summed E-state index contributed by atoms with van der Waals surface area (Å²) < 4.78 is 5.66. The first kappa shape index (κ1) is 15.8. The molecule has 1 saturated heterocycles. The van der Waals surface area contributed by atoms with E-state index in [-0.39, 0.29) is 12.0 Å². The van der Waals surface area contributed by atoms with E-state index in [9.17, 15) is 4.79 Å². The normalized spacial score (nSPS) is 18.9. The number of hydrogen-bond donors (Lipinski definition) is 1. The summed E-state index contributed by atoms with van der Waals surface area (Å²) in [4.78, 5) is 14.6. The van der Waals surface area contributed by atoms with Gasteiger partial charge in [-0.1, -0.05) is 6.07 Å². The first-order chi connectivity index (χ1) is 10.1. The maximum Gasteiger partial charge on any atom is 0.253 e. The fourth-order valence-electron chi connectivity index (χ4n) is 2.88. The van der Waals surface area contributed by atoms with Gasteiger partial charge in [-0.05, 0) is 63.8 Å². The van der Waals surface area contributed by atoms with Gasteiger partial charge in [0.05, 0.1) is 6.10 Å². The molecule has 1 amide bonds. The topological polar surface area (TPSA) is 55.6 Å². The summed E-state index contributed by atoms with van der Waals surface area (Å²) in [5.41, 5.74) is 6.35. The molecule has 0 spiro atoms. The van der Waals surface area contributed by atoms with E-state index >= 15 is 0 Å². The Morgan fingerprint density at radius 1 is 1.48 bits per heavy atom. The Kier molecular flexibility index (Phi) is 5.62. The molecule has 1 aromatic carbocycles. The lowest BCUT2D eigenvalue weighted by atomic mass is 9.94. The number of rotatable bonds is 5. The summed E-state index contributed by atoms with van der Waals surface area (Å²) in [5.74, 6) is 1.40. The predicted molar refractivity (Wildman–Crippen MR) is 84.5 cm³/mol. The summed E-state index contributed by atoms with van der Waals surface area (Å²) in [7, 11) is 0. The van der Waals surface area contributed by atoms with Crippen molar-refractivity contribution in [3.63, 3.8) is 0 Å². The number of nitrogens with zero attached hydrogens (tertiary/aromatic N) is 1. The van der Waals surface area contributed by atoms with Crippen molar-refractivity contribution in [3.05, 3.63) is 29.8 Å². The van der Waals surface area contributed by atoms with E-state index in [2.05, 4.69) is 0 Å². The van der Waals surface area contributed by atoms with Gasteiger partial charge in [0.25, 0.3) is 5.91 Å². The Hall–Kier alpha value is -1.55. The van der Waals surface area contributed by atoms with E-state index in [0.29, 0.717) is 18.0 Å². The van der Waals surface area contributed by atoms with E-state index in [1.54, 1.807) is 0 Å². The van der Waals surface area contributed by atoms with Gasteiger partial charge in [0.1, 0.15) is 5.75 Å². The van der Waals surface area contributed by atoms with Crippen LogP contribution in [-0.4, -0.2) is 36.5 Å². The molecule has 1 heterocycles. The molecule has 1 aliphatic heterocycles. The van der Waals surface area contributed by atoms with Crippen LogP contribution in [-0.2, 0) is 0 Å². The maximum absolute atomic E-state index is 12.6. The Labute approximate surface area is 127 Å². The van der Waals surface area contributed by atoms with Crippen molar-refractivity contribution in [2.24, 2.45) is 11.7 Å². The van der Waals surface area contributed by atoms with Crippen LogP contribution >= 0.6 is 0 Å². The molecule has 4 nitrogen and oxygen atoms in total. The summed E-state index contributed by atoms with van der Waals surface area (Å²) in [6, 6.07) is 7.48. The zero-order chi connectivity index (χ0) is 15.2. The number of ether oxygens (including phenoxy) is 1. The lowest BCUT2D eigenvalue weighted by Crippen LogP contribution is -2.40. The van der Waals surface area contributed by atoms with Gasteiger partial charge in [-0.15, -0.1) is 0 Å². The van der Waals surface area contributed by atoms with E-state index in [1.807, 2.05) is 43.0 Å². The van der Waals surface area contributed by atoms with E-state index in [1.165, 1.54) is 6.42 Å². The number of nitrogens with two attached hydrogens (primary N) is 1. The highest BCUT2D eigenvalue weighted by atomic mass is 16.5. The van der Waals surface area contributed by atoms with E-state index in [0.717, 1.165) is 31.7 Å². The second-order valence-corrected chi connectivity index (χ2v) is 6.03. The zero-order valence-electron chi connectivity index (χ0n) is 13.0. The van der Waals surface area contributed by atoms with Gasteiger partial charge in [0, 0.05) is 18.7 Å². The molecule has 0 radical (unpaired) electrons. The van der Waals surface area contributed by atoms with Crippen LogP contribution in [0.3, 0.4) is 0 Å². The fraction of sp³-hybridized carbons (Fsp3) is 0.588. The molecule has 2 N–H and O–H groups in total. The van der Waals surface area contributed by atoms with Crippen molar-refractivity contribution < 1.29 is 9.53 Å². The summed E-state index contributed by atoms with van der Waals surface area (Å²) in [6.45, 7) is 6.33. The van der Waals surface area contributed by atoms with Gasteiger partial charge in [-0.25, -0.2) is 0 Å². The lowest BCUT2D eigenvalue weighted by molar-refractivity contribution is 0.0669. The molecule has 1 unspecified atom stereocenters. The highest BCUT2D eigenvalue weighted by Gasteiger charge is 2.24. The Morgan fingerprint density at radius 2 is 2.29 bits per heavy atom. The summed E-state index contributed by atoms with van der Waals surface area (Å²) >= 11 is 0. The Bertz CT molecular complexity index is 472. The third-order valence-corrected chi connectivity index (χ3v) is 3.83. The smallest absolute Gasteiger partial charge is 0.253 e. The van der Waals surface area contributed by atoms with Crippen LogP contribution in [0.25, 0.3) is 0 Å². The monoisotopic (exact) mass is 290 g/mol. The van der Waals surface area contributed by atoms with E-state index in [4.69, 9.17) is 10.5 Å². The third kappa shape index (κ3) is 4.46. The highest BCUT2D eigenvalue weighted by Crippen LogP contribution is 2.22. The third-order valence-electron chi connectivity index (χ3n) is 3.83. The first-order valence-electron chi connectivity index (χ1n) is 7.86. The minimum Gasteiger partial charge on any atom is -0.491 e. The number of amides is 1. The molecule has 116 valence electrons. The number of hydrogen-bond acceptors (Lipinski definition) is 3. The molecule has 0 aliphatic carbocycles. The van der Waals surface area contributed by atoms with Gasteiger partial charge in [0.2, 0.25) is 0 Å². The number of benzene rings is 1. The minimum absolute atomic E-state index is 0.103. The van der Waals surface area contributed by atoms with Crippen LogP contribution in [0.1, 0.15) is 43.5 Å². The van der Waals surface area contributed by atoms with Crippen LogP contribution in [0.15, 0.2) is 24.3 Å². The van der Waals surface area contributed by atoms with Crippen LogP contribution in [0.2, 0.25) is 0 Å². The molecule has 0 aromatic heterocycles. The van der Waals surface area contributed by atoms with E-state index < -0.39 is 0 Å². The SMILES string of the molecule is CC(C)Oc1cccc(C(=O)N2CCCC(CCN)C2)c1. The molecule has 1 fully saturated rings. The molecule has 21 heavy (non-hydrogen) atoms. The quantitative estimate of drug-likeness (QED) is 0.907. The highest BCUT2D eigenvalue weighted by molar-refractivity contribution is 5.94. The fourth-order valence-corrected chi connectivity index (χ4v) is 2.88. The van der Waals surface area contributed by atoms with Crippen LogP contribution in [0.4, 0.5) is 0 Å².